The van der Waals surface area contributed by atoms with Crippen molar-refractivity contribution in [1.29, 1.82) is 0 Å². The lowest BCUT2D eigenvalue weighted by molar-refractivity contribution is -0.115. The third-order valence-electron chi connectivity index (χ3n) is 3.75. The first-order chi connectivity index (χ1) is 13.6. The first-order valence-corrected chi connectivity index (χ1v) is 9.25. The van der Waals surface area contributed by atoms with Gasteiger partial charge in [0.05, 0.1) is 24.7 Å². The van der Waals surface area contributed by atoms with Gasteiger partial charge in [-0.3, -0.25) is 14.5 Å². The SMILES string of the molecule is COc1ccc(C(=O)N/N=C\c2csc(N(C(C)=O)c3ccccc3)n2)cc1. The Morgan fingerprint density at radius 3 is 2.50 bits per heavy atom. The molecule has 3 rings (SSSR count). The molecule has 1 heterocycles. The maximum absolute atomic E-state index is 12.1. The summed E-state index contributed by atoms with van der Waals surface area (Å²) in [6.07, 6.45) is 1.44. The number of benzene rings is 2. The van der Waals surface area contributed by atoms with Crippen LogP contribution in [0.15, 0.2) is 65.1 Å². The molecule has 0 saturated carbocycles. The second-order valence-electron chi connectivity index (χ2n) is 5.67. The Labute approximate surface area is 166 Å². The Balaban J connectivity index is 1.67. The zero-order valence-corrected chi connectivity index (χ0v) is 16.1. The van der Waals surface area contributed by atoms with E-state index in [2.05, 4.69) is 15.5 Å². The highest BCUT2D eigenvalue weighted by molar-refractivity contribution is 7.14. The molecule has 8 heteroatoms. The molecular formula is C20H18N4O3S. The summed E-state index contributed by atoms with van der Waals surface area (Å²) in [6.45, 7) is 1.48. The Hall–Kier alpha value is -3.52. The number of methoxy groups -OCH3 is 1. The summed E-state index contributed by atoms with van der Waals surface area (Å²) < 4.78 is 5.06. The van der Waals surface area contributed by atoms with Crippen LogP contribution in [0.5, 0.6) is 5.75 Å². The van der Waals surface area contributed by atoms with E-state index in [-0.39, 0.29) is 11.8 Å². The van der Waals surface area contributed by atoms with Gasteiger partial charge in [0.1, 0.15) is 5.75 Å². The molecule has 0 saturated heterocycles. The minimum absolute atomic E-state index is 0.142. The van der Waals surface area contributed by atoms with E-state index in [4.69, 9.17) is 4.74 Å². The molecule has 1 aromatic heterocycles. The molecule has 0 fully saturated rings. The zero-order valence-electron chi connectivity index (χ0n) is 15.3. The van der Waals surface area contributed by atoms with E-state index < -0.39 is 0 Å². The van der Waals surface area contributed by atoms with Crippen molar-refractivity contribution in [1.82, 2.24) is 10.4 Å². The molecule has 28 heavy (non-hydrogen) atoms. The van der Waals surface area contributed by atoms with Crippen molar-refractivity contribution >= 4 is 40.2 Å². The van der Waals surface area contributed by atoms with E-state index in [1.165, 1.54) is 29.4 Å². The summed E-state index contributed by atoms with van der Waals surface area (Å²) in [5.74, 6) is 0.185. The van der Waals surface area contributed by atoms with Gasteiger partial charge >= 0.3 is 0 Å². The number of rotatable bonds is 6. The Morgan fingerprint density at radius 2 is 1.86 bits per heavy atom. The van der Waals surface area contributed by atoms with Crippen LogP contribution in [0.4, 0.5) is 10.8 Å². The first-order valence-electron chi connectivity index (χ1n) is 8.37. The van der Waals surface area contributed by atoms with Crippen molar-refractivity contribution in [3.8, 4) is 5.75 Å². The number of anilines is 2. The number of aromatic nitrogens is 1. The van der Waals surface area contributed by atoms with Crippen molar-refractivity contribution in [2.24, 2.45) is 5.10 Å². The van der Waals surface area contributed by atoms with Gasteiger partial charge in [0.25, 0.3) is 5.91 Å². The third-order valence-corrected chi connectivity index (χ3v) is 4.59. The average molecular weight is 394 g/mol. The number of para-hydroxylation sites is 1. The molecule has 142 valence electrons. The molecule has 0 atom stereocenters. The highest BCUT2D eigenvalue weighted by Gasteiger charge is 2.17. The van der Waals surface area contributed by atoms with E-state index in [0.717, 1.165) is 5.69 Å². The van der Waals surface area contributed by atoms with Gasteiger partial charge < -0.3 is 4.74 Å². The summed E-state index contributed by atoms with van der Waals surface area (Å²) in [7, 11) is 1.56. The number of hydrazone groups is 1. The Kier molecular flexibility index (Phi) is 6.13. The number of nitrogens with zero attached hydrogens (tertiary/aromatic N) is 3. The molecule has 0 bridgehead atoms. The van der Waals surface area contributed by atoms with Crippen LogP contribution in [0.1, 0.15) is 23.0 Å². The highest BCUT2D eigenvalue weighted by atomic mass is 32.1. The van der Waals surface area contributed by atoms with E-state index in [0.29, 0.717) is 22.1 Å². The minimum atomic E-state index is -0.344. The Bertz CT molecular complexity index is 984. The van der Waals surface area contributed by atoms with Gasteiger partial charge in [-0.05, 0) is 36.4 Å². The van der Waals surface area contributed by atoms with Crippen LogP contribution in [0.3, 0.4) is 0 Å². The summed E-state index contributed by atoms with van der Waals surface area (Å²) >= 11 is 1.32. The van der Waals surface area contributed by atoms with Crippen LogP contribution < -0.4 is 15.1 Å². The van der Waals surface area contributed by atoms with E-state index in [9.17, 15) is 9.59 Å². The monoisotopic (exact) mass is 394 g/mol. The predicted molar refractivity (Wildman–Crippen MR) is 109 cm³/mol. The highest BCUT2D eigenvalue weighted by Crippen LogP contribution is 2.28. The van der Waals surface area contributed by atoms with Crippen LogP contribution in [-0.4, -0.2) is 30.1 Å². The number of thiazole rings is 1. The molecule has 3 aromatic rings. The molecule has 0 spiro atoms. The third kappa shape index (κ3) is 4.60. The number of amides is 2. The largest absolute Gasteiger partial charge is 0.497 e. The van der Waals surface area contributed by atoms with Gasteiger partial charge in [0, 0.05) is 17.9 Å². The van der Waals surface area contributed by atoms with Crippen LogP contribution in [0, 0.1) is 0 Å². The molecule has 2 amide bonds. The summed E-state index contributed by atoms with van der Waals surface area (Å²) in [5.41, 5.74) is 4.19. The number of hydrogen-bond donors (Lipinski definition) is 1. The zero-order chi connectivity index (χ0) is 19.9. The van der Waals surface area contributed by atoms with Crippen LogP contribution >= 0.6 is 11.3 Å². The molecule has 0 aliphatic heterocycles. The molecule has 7 nitrogen and oxygen atoms in total. The van der Waals surface area contributed by atoms with Gasteiger partial charge in [0.2, 0.25) is 5.91 Å². The van der Waals surface area contributed by atoms with E-state index in [1.54, 1.807) is 36.8 Å². The first kappa shape index (κ1) is 19.2. The molecule has 0 radical (unpaired) electrons. The van der Waals surface area contributed by atoms with E-state index >= 15 is 0 Å². The van der Waals surface area contributed by atoms with Crippen LogP contribution in [-0.2, 0) is 4.79 Å². The number of hydrogen-bond acceptors (Lipinski definition) is 6. The topological polar surface area (TPSA) is 83.9 Å². The smallest absolute Gasteiger partial charge is 0.271 e. The summed E-state index contributed by atoms with van der Waals surface area (Å²) in [6, 6.07) is 16.0. The molecular weight excluding hydrogens is 376 g/mol. The number of carbonyl (C=O) groups excluding carboxylic acids is 2. The number of carbonyl (C=O) groups is 2. The molecule has 0 aliphatic rings. The second-order valence-corrected chi connectivity index (χ2v) is 6.51. The van der Waals surface area contributed by atoms with Gasteiger partial charge in [-0.15, -0.1) is 11.3 Å². The van der Waals surface area contributed by atoms with Crippen molar-refractivity contribution in [3.63, 3.8) is 0 Å². The normalized spacial score (nSPS) is 10.6. The number of nitrogens with one attached hydrogen (secondary N) is 1. The van der Waals surface area contributed by atoms with E-state index in [1.807, 2.05) is 30.3 Å². The van der Waals surface area contributed by atoms with Gasteiger partial charge in [-0.25, -0.2) is 10.4 Å². The van der Waals surface area contributed by atoms with Crippen molar-refractivity contribution in [2.45, 2.75) is 6.92 Å². The second kappa shape index (κ2) is 8.92. The lowest BCUT2D eigenvalue weighted by atomic mass is 10.2. The fraction of sp³-hybridized carbons (Fsp3) is 0.100. The molecule has 1 N–H and O–H groups in total. The minimum Gasteiger partial charge on any atom is -0.497 e. The summed E-state index contributed by atoms with van der Waals surface area (Å²) in [4.78, 5) is 30.1. The van der Waals surface area contributed by atoms with Crippen molar-refractivity contribution < 1.29 is 14.3 Å². The Morgan fingerprint density at radius 1 is 1.14 bits per heavy atom. The molecule has 0 aliphatic carbocycles. The fourth-order valence-corrected chi connectivity index (χ4v) is 3.24. The van der Waals surface area contributed by atoms with Crippen LogP contribution in [0.25, 0.3) is 0 Å². The average Bonchev–Trinajstić information content (AvgIpc) is 3.17. The van der Waals surface area contributed by atoms with Gasteiger partial charge in [-0.2, -0.15) is 5.10 Å². The van der Waals surface area contributed by atoms with Crippen LogP contribution in [0.2, 0.25) is 0 Å². The summed E-state index contributed by atoms with van der Waals surface area (Å²) in [5, 5.41) is 6.23. The fourth-order valence-electron chi connectivity index (χ4n) is 2.41. The lowest BCUT2D eigenvalue weighted by Crippen LogP contribution is -2.22. The number of ether oxygens (including phenoxy) is 1. The lowest BCUT2D eigenvalue weighted by Gasteiger charge is -2.17. The standard InChI is InChI=1S/C20H18N4O3S/c1-14(25)24(17-6-4-3-5-7-17)20-22-16(13-28-20)12-21-23-19(26)15-8-10-18(27-2)11-9-15/h3-13H,1-2H3,(H,23,26)/b21-12-. The molecule has 0 unspecified atom stereocenters. The van der Waals surface area contributed by atoms with Gasteiger partial charge in [0.15, 0.2) is 5.13 Å². The maximum Gasteiger partial charge on any atom is 0.271 e. The predicted octanol–water partition coefficient (Wildman–Crippen LogP) is 3.60. The molecule has 2 aromatic carbocycles. The maximum atomic E-state index is 12.1. The van der Waals surface area contributed by atoms with Crippen molar-refractivity contribution in [2.75, 3.05) is 12.0 Å². The quantitative estimate of drug-likeness (QED) is 0.511. The van der Waals surface area contributed by atoms with Crippen molar-refractivity contribution in [3.05, 3.63) is 71.2 Å². The van der Waals surface area contributed by atoms with Gasteiger partial charge in [-0.1, -0.05) is 18.2 Å².